The summed E-state index contributed by atoms with van der Waals surface area (Å²) in [5.41, 5.74) is 3.90. The van der Waals surface area contributed by atoms with Gasteiger partial charge in [0.25, 0.3) is 0 Å². The number of benzene rings is 1. The first-order valence-corrected chi connectivity index (χ1v) is 9.20. The van der Waals surface area contributed by atoms with Gasteiger partial charge in [0.15, 0.2) is 0 Å². The predicted molar refractivity (Wildman–Crippen MR) is 102 cm³/mol. The second-order valence-electron chi connectivity index (χ2n) is 7.26. The number of hydrogen-bond acceptors (Lipinski definition) is 3. The topological polar surface area (TPSA) is 87.3 Å². The smallest absolute Gasteiger partial charge is 0.243 e. The summed E-state index contributed by atoms with van der Waals surface area (Å²) in [6.45, 7) is 7.19. The molecule has 0 heterocycles. The summed E-state index contributed by atoms with van der Waals surface area (Å²) in [5, 5.41) is 8.28. The van der Waals surface area contributed by atoms with Crippen LogP contribution in [0, 0.1) is 26.7 Å². The number of carbonyl (C=O) groups is 3. The number of carbonyl (C=O) groups excluding carboxylic acids is 3. The minimum absolute atomic E-state index is 0.117. The van der Waals surface area contributed by atoms with E-state index in [1.165, 1.54) is 6.92 Å². The molecule has 1 aromatic carbocycles. The Labute approximate surface area is 155 Å². The molecule has 1 aromatic rings. The van der Waals surface area contributed by atoms with Crippen LogP contribution in [0.4, 0.5) is 5.69 Å². The molecule has 6 nitrogen and oxygen atoms in total. The number of hydrogen-bond donors (Lipinski definition) is 3. The largest absolute Gasteiger partial charge is 0.345 e. The molecule has 1 aliphatic carbocycles. The molecule has 0 radical (unpaired) electrons. The maximum Gasteiger partial charge on any atom is 0.243 e. The van der Waals surface area contributed by atoms with Gasteiger partial charge in [0.1, 0.15) is 6.04 Å². The minimum atomic E-state index is -0.564. The fourth-order valence-corrected chi connectivity index (χ4v) is 3.75. The average molecular weight is 359 g/mol. The van der Waals surface area contributed by atoms with Gasteiger partial charge in [0.2, 0.25) is 17.7 Å². The summed E-state index contributed by atoms with van der Waals surface area (Å²) >= 11 is 0. The van der Waals surface area contributed by atoms with Crippen molar-refractivity contribution in [1.29, 1.82) is 0 Å². The summed E-state index contributed by atoms with van der Waals surface area (Å²) in [6, 6.07) is 3.45. The maximum absolute atomic E-state index is 12.5. The Balaban J connectivity index is 1.94. The van der Waals surface area contributed by atoms with Crippen molar-refractivity contribution in [3.63, 3.8) is 0 Å². The van der Waals surface area contributed by atoms with Crippen molar-refractivity contribution >= 4 is 23.4 Å². The fraction of sp³-hybridized carbons (Fsp3) is 0.550. The Hall–Kier alpha value is -2.37. The summed E-state index contributed by atoms with van der Waals surface area (Å²) in [4.78, 5) is 36.2. The average Bonchev–Trinajstić information content (AvgIpc) is 3.07. The van der Waals surface area contributed by atoms with Gasteiger partial charge in [0.05, 0.1) is 6.54 Å². The van der Waals surface area contributed by atoms with Gasteiger partial charge in [0, 0.05) is 12.6 Å². The SMILES string of the molecule is CC(=O)NC(C(=O)NCC(=O)Nc1c(C)cc(C)cc1C)C1CCCC1. The lowest BCUT2D eigenvalue weighted by Gasteiger charge is -2.23. The Morgan fingerprint density at radius 1 is 1.08 bits per heavy atom. The fourth-order valence-electron chi connectivity index (χ4n) is 3.75. The molecule has 2 rings (SSSR count). The highest BCUT2D eigenvalue weighted by atomic mass is 16.2. The first kappa shape index (κ1) is 19.9. The van der Waals surface area contributed by atoms with Gasteiger partial charge in [-0.05, 0) is 50.7 Å². The van der Waals surface area contributed by atoms with Crippen molar-refractivity contribution in [2.45, 2.75) is 59.4 Å². The Bertz CT molecular complexity index is 671. The molecule has 6 heteroatoms. The molecule has 142 valence electrons. The molecular formula is C20H29N3O3. The van der Waals surface area contributed by atoms with Crippen LogP contribution < -0.4 is 16.0 Å². The lowest BCUT2D eigenvalue weighted by atomic mass is 9.97. The van der Waals surface area contributed by atoms with Gasteiger partial charge in [-0.1, -0.05) is 30.5 Å². The van der Waals surface area contributed by atoms with Crippen molar-refractivity contribution in [3.05, 3.63) is 28.8 Å². The zero-order chi connectivity index (χ0) is 19.3. The van der Waals surface area contributed by atoms with Crippen molar-refractivity contribution in [1.82, 2.24) is 10.6 Å². The standard InChI is InChI=1S/C20H29N3O3/c1-12-9-13(2)18(14(3)10-12)23-17(25)11-21-20(26)19(22-15(4)24)16-7-5-6-8-16/h9-10,16,19H,5-8,11H2,1-4H3,(H,21,26)(H,22,24)(H,23,25). The van der Waals surface area contributed by atoms with Gasteiger partial charge in [-0.25, -0.2) is 0 Å². The van der Waals surface area contributed by atoms with Crippen LogP contribution in [-0.4, -0.2) is 30.3 Å². The summed E-state index contributed by atoms with van der Waals surface area (Å²) in [5.74, 6) is -0.656. The molecule has 26 heavy (non-hydrogen) atoms. The zero-order valence-corrected chi connectivity index (χ0v) is 16.1. The molecule has 0 saturated heterocycles. The number of amides is 3. The first-order chi connectivity index (χ1) is 12.3. The van der Waals surface area contributed by atoms with E-state index >= 15 is 0 Å². The van der Waals surface area contributed by atoms with Crippen LogP contribution in [0.1, 0.15) is 49.3 Å². The highest BCUT2D eigenvalue weighted by Crippen LogP contribution is 2.28. The van der Waals surface area contributed by atoms with Crippen LogP contribution in [0.15, 0.2) is 12.1 Å². The van der Waals surface area contributed by atoms with Gasteiger partial charge in [-0.15, -0.1) is 0 Å². The molecule has 1 unspecified atom stereocenters. The molecule has 1 fully saturated rings. The third-order valence-electron chi connectivity index (χ3n) is 4.88. The van der Waals surface area contributed by atoms with E-state index in [1.54, 1.807) is 0 Å². The molecule has 1 atom stereocenters. The molecule has 0 aliphatic heterocycles. The third-order valence-corrected chi connectivity index (χ3v) is 4.88. The molecule has 3 N–H and O–H groups in total. The zero-order valence-electron chi connectivity index (χ0n) is 16.1. The van der Waals surface area contributed by atoms with Crippen LogP contribution in [0.2, 0.25) is 0 Å². The van der Waals surface area contributed by atoms with Crippen LogP contribution >= 0.6 is 0 Å². The maximum atomic E-state index is 12.5. The Morgan fingerprint density at radius 2 is 1.65 bits per heavy atom. The van der Waals surface area contributed by atoms with Crippen LogP contribution in [0.25, 0.3) is 0 Å². The lowest BCUT2D eigenvalue weighted by molar-refractivity contribution is -0.130. The molecule has 0 bridgehead atoms. The number of nitrogens with one attached hydrogen (secondary N) is 3. The lowest BCUT2D eigenvalue weighted by Crippen LogP contribution is -2.51. The highest BCUT2D eigenvalue weighted by molar-refractivity contribution is 5.97. The van der Waals surface area contributed by atoms with Crippen LogP contribution in [0.5, 0.6) is 0 Å². The number of anilines is 1. The monoisotopic (exact) mass is 359 g/mol. The number of rotatable bonds is 6. The Morgan fingerprint density at radius 3 is 2.19 bits per heavy atom. The summed E-state index contributed by atoms with van der Waals surface area (Å²) < 4.78 is 0. The second-order valence-corrected chi connectivity index (χ2v) is 7.26. The third kappa shape index (κ3) is 5.31. The van der Waals surface area contributed by atoms with Gasteiger partial charge in [-0.2, -0.15) is 0 Å². The van der Waals surface area contributed by atoms with E-state index in [-0.39, 0.29) is 30.2 Å². The highest BCUT2D eigenvalue weighted by Gasteiger charge is 2.31. The van der Waals surface area contributed by atoms with Gasteiger partial charge >= 0.3 is 0 Å². The Kier molecular flexibility index (Phi) is 6.77. The normalized spacial score (nSPS) is 15.4. The van der Waals surface area contributed by atoms with E-state index in [9.17, 15) is 14.4 Å². The van der Waals surface area contributed by atoms with E-state index in [2.05, 4.69) is 16.0 Å². The van der Waals surface area contributed by atoms with E-state index < -0.39 is 6.04 Å². The van der Waals surface area contributed by atoms with Crippen molar-refractivity contribution < 1.29 is 14.4 Å². The van der Waals surface area contributed by atoms with E-state index in [0.717, 1.165) is 48.1 Å². The molecule has 3 amide bonds. The molecule has 0 aromatic heterocycles. The van der Waals surface area contributed by atoms with Crippen LogP contribution in [-0.2, 0) is 14.4 Å². The van der Waals surface area contributed by atoms with E-state index in [4.69, 9.17) is 0 Å². The van der Waals surface area contributed by atoms with Gasteiger partial charge < -0.3 is 16.0 Å². The molecule has 0 spiro atoms. The summed E-state index contributed by atoms with van der Waals surface area (Å²) in [6.07, 6.45) is 3.99. The minimum Gasteiger partial charge on any atom is -0.345 e. The molecule has 1 saturated carbocycles. The van der Waals surface area contributed by atoms with Crippen molar-refractivity contribution in [2.24, 2.45) is 5.92 Å². The number of aryl methyl sites for hydroxylation is 3. The predicted octanol–water partition coefficient (Wildman–Crippen LogP) is 2.36. The molecule has 1 aliphatic rings. The van der Waals surface area contributed by atoms with Crippen LogP contribution in [0.3, 0.4) is 0 Å². The quantitative estimate of drug-likeness (QED) is 0.729. The van der Waals surface area contributed by atoms with Crippen molar-refractivity contribution in [3.8, 4) is 0 Å². The molecular weight excluding hydrogens is 330 g/mol. The second kappa shape index (κ2) is 8.83. The van der Waals surface area contributed by atoms with E-state index in [1.807, 2.05) is 32.9 Å². The summed E-state index contributed by atoms with van der Waals surface area (Å²) in [7, 11) is 0. The van der Waals surface area contributed by atoms with E-state index in [0.29, 0.717) is 0 Å². The van der Waals surface area contributed by atoms with Gasteiger partial charge in [-0.3, -0.25) is 14.4 Å². The van der Waals surface area contributed by atoms with Crippen molar-refractivity contribution in [2.75, 3.05) is 11.9 Å². The first-order valence-electron chi connectivity index (χ1n) is 9.20.